The summed E-state index contributed by atoms with van der Waals surface area (Å²) in [6.45, 7) is 7.94. The second kappa shape index (κ2) is 5.92. The van der Waals surface area contributed by atoms with Crippen LogP contribution < -0.4 is 0 Å². The minimum atomic E-state index is 0.917. The van der Waals surface area contributed by atoms with Crippen LogP contribution in [-0.4, -0.2) is 48.1 Å². The molecule has 0 aromatic heterocycles. The number of hydrogen-bond acceptors (Lipinski definition) is 2. The molecule has 2 heterocycles. The SMILES string of the molecule is C[C@@H]1CC[C@@H](N2CCC(N3CCCCC3)CC2)C1. The summed E-state index contributed by atoms with van der Waals surface area (Å²) in [7, 11) is 0. The molecule has 0 amide bonds. The van der Waals surface area contributed by atoms with Crippen molar-refractivity contribution in [2.45, 2.75) is 70.4 Å². The maximum Gasteiger partial charge on any atom is 0.0120 e. The van der Waals surface area contributed by atoms with E-state index >= 15 is 0 Å². The minimum absolute atomic E-state index is 0.917. The molecule has 1 saturated carbocycles. The molecule has 104 valence electrons. The highest BCUT2D eigenvalue weighted by molar-refractivity contribution is 4.87. The lowest BCUT2D eigenvalue weighted by atomic mass is 9.98. The average molecular weight is 250 g/mol. The largest absolute Gasteiger partial charge is 0.300 e. The van der Waals surface area contributed by atoms with Gasteiger partial charge in [0.1, 0.15) is 0 Å². The maximum atomic E-state index is 2.81. The van der Waals surface area contributed by atoms with Crippen LogP contribution in [0.5, 0.6) is 0 Å². The summed E-state index contributed by atoms with van der Waals surface area (Å²) < 4.78 is 0. The summed E-state index contributed by atoms with van der Waals surface area (Å²) in [5.74, 6) is 0.981. The molecule has 2 aliphatic heterocycles. The molecule has 3 fully saturated rings. The molecule has 2 saturated heterocycles. The Kier molecular flexibility index (Phi) is 4.25. The van der Waals surface area contributed by atoms with Gasteiger partial charge in [-0.15, -0.1) is 0 Å². The molecule has 1 aliphatic carbocycles. The predicted octanol–water partition coefficient (Wildman–Crippen LogP) is 3.13. The molecule has 0 spiro atoms. The van der Waals surface area contributed by atoms with Crippen molar-refractivity contribution < 1.29 is 0 Å². The molecule has 0 radical (unpaired) electrons. The van der Waals surface area contributed by atoms with Gasteiger partial charge < -0.3 is 9.80 Å². The van der Waals surface area contributed by atoms with Crippen LogP contribution in [0.4, 0.5) is 0 Å². The van der Waals surface area contributed by atoms with Gasteiger partial charge in [-0.25, -0.2) is 0 Å². The van der Waals surface area contributed by atoms with E-state index in [1.54, 1.807) is 0 Å². The molecular formula is C16H30N2. The second-order valence-electron chi connectivity index (χ2n) is 6.94. The lowest BCUT2D eigenvalue weighted by molar-refractivity contribution is 0.0726. The summed E-state index contributed by atoms with van der Waals surface area (Å²) >= 11 is 0. The van der Waals surface area contributed by atoms with Crippen LogP contribution in [0.1, 0.15) is 58.3 Å². The summed E-state index contributed by atoms with van der Waals surface area (Å²) in [4.78, 5) is 5.60. The lowest BCUT2D eigenvalue weighted by Crippen LogP contribution is -2.48. The maximum absolute atomic E-state index is 2.81. The first-order chi connectivity index (χ1) is 8.83. The predicted molar refractivity (Wildman–Crippen MR) is 76.8 cm³/mol. The van der Waals surface area contributed by atoms with Crippen LogP contribution in [0.15, 0.2) is 0 Å². The zero-order valence-electron chi connectivity index (χ0n) is 12.1. The van der Waals surface area contributed by atoms with Gasteiger partial charge in [-0.3, -0.25) is 0 Å². The van der Waals surface area contributed by atoms with E-state index in [1.807, 2.05) is 0 Å². The van der Waals surface area contributed by atoms with Crippen molar-refractivity contribution in [3.63, 3.8) is 0 Å². The first kappa shape index (κ1) is 12.9. The standard InChI is InChI=1S/C16H30N2/c1-14-5-6-16(13-14)18-11-7-15(8-12-18)17-9-3-2-4-10-17/h14-16H,2-13H2,1H3/t14-,16-/m1/s1. The Morgan fingerprint density at radius 2 is 1.33 bits per heavy atom. The smallest absolute Gasteiger partial charge is 0.0120 e. The minimum Gasteiger partial charge on any atom is -0.300 e. The third-order valence-corrected chi connectivity index (χ3v) is 5.59. The van der Waals surface area contributed by atoms with Gasteiger partial charge in [0.25, 0.3) is 0 Å². The van der Waals surface area contributed by atoms with Crippen molar-refractivity contribution in [2.75, 3.05) is 26.2 Å². The normalized spacial score (nSPS) is 37.2. The van der Waals surface area contributed by atoms with Gasteiger partial charge in [0.05, 0.1) is 0 Å². The van der Waals surface area contributed by atoms with Crippen molar-refractivity contribution >= 4 is 0 Å². The Hall–Kier alpha value is -0.0800. The fraction of sp³-hybridized carbons (Fsp3) is 1.00. The third-order valence-electron chi connectivity index (χ3n) is 5.59. The van der Waals surface area contributed by atoms with Gasteiger partial charge in [0.2, 0.25) is 0 Å². The molecule has 3 aliphatic rings. The molecular weight excluding hydrogens is 220 g/mol. The Bertz CT molecular complexity index is 239. The number of piperidine rings is 2. The molecule has 0 aromatic carbocycles. The highest BCUT2D eigenvalue weighted by Gasteiger charge is 2.31. The van der Waals surface area contributed by atoms with E-state index in [2.05, 4.69) is 16.7 Å². The van der Waals surface area contributed by atoms with E-state index in [0.717, 1.165) is 18.0 Å². The summed E-state index contributed by atoms with van der Waals surface area (Å²) in [6, 6.07) is 1.85. The van der Waals surface area contributed by atoms with Gasteiger partial charge in [-0.05, 0) is 77.0 Å². The summed E-state index contributed by atoms with van der Waals surface area (Å²) in [5.41, 5.74) is 0. The van der Waals surface area contributed by atoms with Gasteiger partial charge in [0, 0.05) is 12.1 Å². The molecule has 0 N–H and O–H groups in total. The van der Waals surface area contributed by atoms with Gasteiger partial charge >= 0.3 is 0 Å². The number of hydrogen-bond donors (Lipinski definition) is 0. The monoisotopic (exact) mass is 250 g/mol. The van der Waals surface area contributed by atoms with Crippen LogP contribution in [0, 0.1) is 5.92 Å². The van der Waals surface area contributed by atoms with Gasteiger partial charge in [-0.1, -0.05) is 13.3 Å². The molecule has 2 nitrogen and oxygen atoms in total. The van der Waals surface area contributed by atoms with Crippen LogP contribution in [0.2, 0.25) is 0 Å². The highest BCUT2D eigenvalue weighted by atomic mass is 15.2. The molecule has 0 bridgehead atoms. The topological polar surface area (TPSA) is 6.48 Å². The summed E-state index contributed by atoms with van der Waals surface area (Å²) in [5, 5.41) is 0. The van der Waals surface area contributed by atoms with Crippen molar-refractivity contribution in [3.8, 4) is 0 Å². The second-order valence-corrected chi connectivity index (χ2v) is 6.94. The van der Waals surface area contributed by atoms with Crippen LogP contribution in [0.25, 0.3) is 0 Å². The third kappa shape index (κ3) is 2.91. The Balaban J connectivity index is 1.45. The molecule has 0 aromatic rings. The van der Waals surface area contributed by atoms with Crippen molar-refractivity contribution in [1.82, 2.24) is 9.80 Å². The molecule has 2 atom stereocenters. The van der Waals surface area contributed by atoms with E-state index in [9.17, 15) is 0 Å². The fourth-order valence-corrected chi connectivity index (χ4v) is 4.41. The quantitative estimate of drug-likeness (QED) is 0.743. The van der Waals surface area contributed by atoms with Crippen LogP contribution >= 0.6 is 0 Å². The fourth-order valence-electron chi connectivity index (χ4n) is 4.41. The van der Waals surface area contributed by atoms with Crippen LogP contribution in [-0.2, 0) is 0 Å². The molecule has 18 heavy (non-hydrogen) atoms. The van der Waals surface area contributed by atoms with Crippen molar-refractivity contribution in [1.29, 1.82) is 0 Å². The number of likely N-dealkylation sites (tertiary alicyclic amines) is 2. The Morgan fingerprint density at radius 1 is 0.667 bits per heavy atom. The molecule has 3 rings (SSSR count). The van der Waals surface area contributed by atoms with Crippen LogP contribution in [0.3, 0.4) is 0 Å². The zero-order chi connectivity index (χ0) is 12.4. The first-order valence-corrected chi connectivity index (χ1v) is 8.31. The number of rotatable bonds is 2. The van der Waals surface area contributed by atoms with E-state index in [-0.39, 0.29) is 0 Å². The lowest BCUT2D eigenvalue weighted by Gasteiger charge is -2.42. The van der Waals surface area contributed by atoms with Gasteiger partial charge in [0.15, 0.2) is 0 Å². The van der Waals surface area contributed by atoms with E-state index in [0.29, 0.717) is 0 Å². The molecule has 2 heteroatoms. The number of nitrogens with zero attached hydrogens (tertiary/aromatic N) is 2. The Morgan fingerprint density at radius 3 is 1.94 bits per heavy atom. The average Bonchev–Trinajstić information content (AvgIpc) is 2.87. The highest BCUT2D eigenvalue weighted by Crippen LogP contribution is 2.31. The van der Waals surface area contributed by atoms with E-state index in [4.69, 9.17) is 0 Å². The molecule has 0 unspecified atom stereocenters. The van der Waals surface area contributed by atoms with E-state index < -0.39 is 0 Å². The summed E-state index contributed by atoms with van der Waals surface area (Å²) in [6.07, 6.45) is 11.6. The zero-order valence-corrected chi connectivity index (χ0v) is 12.1. The van der Waals surface area contributed by atoms with Crippen molar-refractivity contribution in [3.05, 3.63) is 0 Å². The Labute approximate surface area is 113 Å². The van der Waals surface area contributed by atoms with Gasteiger partial charge in [-0.2, -0.15) is 0 Å². The van der Waals surface area contributed by atoms with Crippen molar-refractivity contribution in [2.24, 2.45) is 5.92 Å². The van der Waals surface area contributed by atoms with E-state index in [1.165, 1.54) is 77.5 Å². The first-order valence-electron chi connectivity index (χ1n) is 8.31.